The van der Waals surface area contributed by atoms with Crippen molar-refractivity contribution in [2.45, 2.75) is 26.2 Å². The van der Waals surface area contributed by atoms with E-state index in [1.54, 1.807) is 0 Å². The average Bonchev–Trinajstić information content (AvgIpc) is 2.21. The second-order valence-corrected chi connectivity index (χ2v) is 3.41. The summed E-state index contributed by atoms with van der Waals surface area (Å²) in [5, 5.41) is 23.1. The summed E-state index contributed by atoms with van der Waals surface area (Å²) in [5.41, 5.74) is 5.41. The Morgan fingerprint density at radius 3 is 2.71 bits per heavy atom. The highest BCUT2D eigenvalue weighted by Gasteiger charge is 2.05. The molecular weight excluding hydrogens is 182 g/mol. The van der Waals surface area contributed by atoms with Crippen molar-refractivity contribution >= 4 is 5.84 Å². The number of amidine groups is 1. The molecule has 0 aliphatic heterocycles. The molecule has 0 rings (SSSR count). The molecule has 5 nitrogen and oxygen atoms in total. The van der Waals surface area contributed by atoms with Gasteiger partial charge in [0.05, 0.1) is 0 Å². The van der Waals surface area contributed by atoms with Gasteiger partial charge in [0.1, 0.15) is 5.84 Å². The first-order valence-electron chi connectivity index (χ1n) is 5.01. The monoisotopic (exact) mass is 203 g/mol. The summed E-state index contributed by atoms with van der Waals surface area (Å²) < 4.78 is 0. The number of hydrogen-bond acceptors (Lipinski definition) is 4. The predicted octanol–water partition coefficient (Wildman–Crippen LogP) is 0.121. The maximum atomic E-state index is 8.54. The molecule has 0 aromatic carbocycles. The summed E-state index contributed by atoms with van der Waals surface area (Å²) in [6, 6.07) is 0. The van der Waals surface area contributed by atoms with Gasteiger partial charge in [-0.2, -0.15) is 0 Å². The molecule has 14 heavy (non-hydrogen) atoms. The number of nitrogens with one attached hydrogen (secondary N) is 1. The normalized spacial score (nSPS) is 14.3. The summed E-state index contributed by atoms with van der Waals surface area (Å²) >= 11 is 0. The molecule has 0 saturated carbocycles. The van der Waals surface area contributed by atoms with Crippen LogP contribution in [0.2, 0.25) is 0 Å². The lowest BCUT2D eigenvalue weighted by Gasteiger charge is -2.10. The van der Waals surface area contributed by atoms with E-state index in [-0.39, 0.29) is 18.4 Å². The molecule has 0 aromatic heterocycles. The second-order valence-electron chi connectivity index (χ2n) is 3.41. The quantitative estimate of drug-likeness (QED) is 0.148. The van der Waals surface area contributed by atoms with Crippen LogP contribution in [-0.4, -0.2) is 35.8 Å². The van der Waals surface area contributed by atoms with Gasteiger partial charge in [-0.25, -0.2) is 0 Å². The van der Waals surface area contributed by atoms with Crippen LogP contribution in [0.4, 0.5) is 0 Å². The Bertz CT molecular complexity index is 162. The highest BCUT2D eigenvalue weighted by molar-refractivity contribution is 5.82. The van der Waals surface area contributed by atoms with E-state index >= 15 is 0 Å². The lowest BCUT2D eigenvalue weighted by atomic mass is 10.1. The van der Waals surface area contributed by atoms with Crippen molar-refractivity contribution in [3.63, 3.8) is 0 Å². The van der Waals surface area contributed by atoms with Gasteiger partial charge in [-0.05, 0) is 25.8 Å². The van der Waals surface area contributed by atoms with E-state index in [0.717, 1.165) is 32.4 Å². The van der Waals surface area contributed by atoms with E-state index < -0.39 is 0 Å². The lowest BCUT2D eigenvalue weighted by Crippen LogP contribution is -2.31. The minimum atomic E-state index is 0.0536. The fourth-order valence-electron chi connectivity index (χ4n) is 1.06. The van der Waals surface area contributed by atoms with Crippen LogP contribution in [0.3, 0.4) is 0 Å². The molecule has 0 aliphatic rings. The zero-order chi connectivity index (χ0) is 10.8. The molecule has 1 atom stereocenters. The molecule has 0 bridgehead atoms. The van der Waals surface area contributed by atoms with Crippen molar-refractivity contribution in [1.29, 1.82) is 0 Å². The van der Waals surface area contributed by atoms with Gasteiger partial charge in [0.15, 0.2) is 0 Å². The third-order valence-corrected chi connectivity index (χ3v) is 2.08. The van der Waals surface area contributed by atoms with Crippen molar-refractivity contribution in [1.82, 2.24) is 5.32 Å². The standard InChI is InChI=1S/C9H21N3O2/c1-8(9(10)12-14)7-11-5-3-2-4-6-13/h8,11,13-14H,2-7H2,1H3,(H2,10,12). The van der Waals surface area contributed by atoms with Crippen molar-refractivity contribution in [2.75, 3.05) is 19.7 Å². The molecule has 0 spiro atoms. The summed E-state index contributed by atoms with van der Waals surface area (Å²) in [7, 11) is 0. The number of unbranched alkanes of at least 4 members (excludes halogenated alkanes) is 2. The molecule has 0 radical (unpaired) electrons. The number of oxime groups is 1. The van der Waals surface area contributed by atoms with E-state index in [9.17, 15) is 0 Å². The Balaban J connectivity index is 3.27. The van der Waals surface area contributed by atoms with Gasteiger partial charge >= 0.3 is 0 Å². The number of hydrogen-bond donors (Lipinski definition) is 4. The number of nitrogens with two attached hydrogens (primary N) is 1. The Labute approximate surface area is 85.0 Å². The molecule has 0 aromatic rings. The summed E-state index contributed by atoms with van der Waals surface area (Å²) in [5.74, 6) is 0.311. The fraction of sp³-hybridized carbons (Fsp3) is 0.889. The molecule has 0 aliphatic carbocycles. The van der Waals surface area contributed by atoms with Gasteiger partial charge in [-0.15, -0.1) is 0 Å². The number of rotatable bonds is 8. The van der Waals surface area contributed by atoms with Crippen LogP contribution in [0.1, 0.15) is 26.2 Å². The minimum Gasteiger partial charge on any atom is -0.409 e. The van der Waals surface area contributed by atoms with E-state index in [0.29, 0.717) is 0 Å². The molecule has 1 unspecified atom stereocenters. The van der Waals surface area contributed by atoms with Crippen molar-refractivity contribution in [3.05, 3.63) is 0 Å². The summed E-state index contributed by atoms with van der Waals surface area (Å²) in [4.78, 5) is 0. The third kappa shape index (κ3) is 6.68. The van der Waals surface area contributed by atoms with Crippen LogP contribution in [-0.2, 0) is 0 Å². The third-order valence-electron chi connectivity index (χ3n) is 2.08. The zero-order valence-corrected chi connectivity index (χ0v) is 8.74. The number of aliphatic hydroxyl groups excluding tert-OH is 1. The van der Waals surface area contributed by atoms with Crippen LogP contribution in [0.5, 0.6) is 0 Å². The van der Waals surface area contributed by atoms with E-state index in [1.165, 1.54) is 0 Å². The fourth-order valence-corrected chi connectivity index (χ4v) is 1.06. The molecule has 0 fully saturated rings. The van der Waals surface area contributed by atoms with Crippen LogP contribution in [0.15, 0.2) is 5.16 Å². The maximum Gasteiger partial charge on any atom is 0.143 e. The van der Waals surface area contributed by atoms with Gasteiger partial charge in [-0.1, -0.05) is 12.1 Å². The second kappa shape index (κ2) is 8.77. The summed E-state index contributed by atoms with van der Waals surface area (Å²) in [6.45, 7) is 3.79. The molecule has 0 saturated heterocycles. The minimum absolute atomic E-state index is 0.0536. The zero-order valence-electron chi connectivity index (χ0n) is 8.74. The van der Waals surface area contributed by atoms with Crippen LogP contribution >= 0.6 is 0 Å². The molecule has 84 valence electrons. The first-order valence-corrected chi connectivity index (χ1v) is 5.01. The number of aliphatic hydroxyl groups is 1. The lowest BCUT2D eigenvalue weighted by molar-refractivity contribution is 0.282. The number of nitrogens with zero attached hydrogens (tertiary/aromatic N) is 1. The Kier molecular flexibility index (Phi) is 8.27. The van der Waals surface area contributed by atoms with Gasteiger partial charge in [0.25, 0.3) is 0 Å². The van der Waals surface area contributed by atoms with E-state index in [2.05, 4.69) is 10.5 Å². The van der Waals surface area contributed by atoms with Crippen LogP contribution < -0.4 is 11.1 Å². The van der Waals surface area contributed by atoms with Crippen LogP contribution in [0.25, 0.3) is 0 Å². The molecule has 5 N–H and O–H groups in total. The van der Waals surface area contributed by atoms with E-state index in [4.69, 9.17) is 16.0 Å². The molecular formula is C9H21N3O2. The Hall–Kier alpha value is -0.810. The van der Waals surface area contributed by atoms with Crippen LogP contribution in [0, 0.1) is 5.92 Å². The molecule has 5 heteroatoms. The first-order chi connectivity index (χ1) is 6.72. The Morgan fingerprint density at radius 1 is 1.43 bits per heavy atom. The highest BCUT2D eigenvalue weighted by atomic mass is 16.4. The molecule has 0 heterocycles. The topological polar surface area (TPSA) is 90.9 Å². The van der Waals surface area contributed by atoms with Gasteiger partial charge in [0, 0.05) is 19.1 Å². The molecule has 0 amide bonds. The van der Waals surface area contributed by atoms with E-state index in [1.807, 2.05) is 6.92 Å². The van der Waals surface area contributed by atoms with Crippen molar-refractivity contribution in [2.24, 2.45) is 16.8 Å². The van der Waals surface area contributed by atoms with Gasteiger partial charge in [-0.3, -0.25) is 0 Å². The maximum absolute atomic E-state index is 8.54. The first kappa shape index (κ1) is 13.2. The predicted molar refractivity (Wildman–Crippen MR) is 56.4 cm³/mol. The van der Waals surface area contributed by atoms with Gasteiger partial charge in [0.2, 0.25) is 0 Å². The van der Waals surface area contributed by atoms with Crippen molar-refractivity contribution in [3.8, 4) is 0 Å². The van der Waals surface area contributed by atoms with Gasteiger partial charge < -0.3 is 21.4 Å². The SMILES string of the molecule is CC(CNCCCCCO)C(N)=NO. The van der Waals surface area contributed by atoms with Crippen molar-refractivity contribution < 1.29 is 10.3 Å². The summed E-state index contributed by atoms with van der Waals surface area (Å²) in [6.07, 6.45) is 2.93. The smallest absolute Gasteiger partial charge is 0.143 e. The Morgan fingerprint density at radius 2 is 2.14 bits per heavy atom. The largest absolute Gasteiger partial charge is 0.409 e. The highest BCUT2D eigenvalue weighted by Crippen LogP contribution is 1.94. The average molecular weight is 203 g/mol.